The summed E-state index contributed by atoms with van der Waals surface area (Å²) in [4.78, 5) is 83.3. The molecule has 1 amide bonds. The van der Waals surface area contributed by atoms with E-state index in [0.29, 0.717) is 5.56 Å². The lowest BCUT2D eigenvalue weighted by Gasteiger charge is -2.67. The summed E-state index contributed by atoms with van der Waals surface area (Å²) in [5, 5.41) is 40.4. The Hall–Kier alpha value is -5.74. The van der Waals surface area contributed by atoms with E-state index in [1.807, 2.05) is 0 Å². The van der Waals surface area contributed by atoms with Gasteiger partial charge in [0.2, 0.25) is 0 Å². The molecule has 2 saturated carbocycles. The quantitative estimate of drug-likeness (QED) is 0.122. The Labute approximate surface area is 364 Å². The molecule has 0 aromatic heterocycles. The molecule has 15 nitrogen and oxygen atoms in total. The summed E-state index contributed by atoms with van der Waals surface area (Å²) in [6, 6.07) is 23.1. The lowest BCUT2D eigenvalue weighted by Crippen LogP contribution is -2.81. The minimum Gasteiger partial charge on any atom is -0.465 e. The Balaban J connectivity index is 1.39. The maximum Gasteiger partial charge on any atom is 0.338 e. The van der Waals surface area contributed by atoms with Gasteiger partial charge in [-0.05, 0) is 54.8 Å². The van der Waals surface area contributed by atoms with Crippen molar-refractivity contribution < 1.29 is 67.8 Å². The molecular weight excluding hydrogens is 815 g/mol. The van der Waals surface area contributed by atoms with Crippen molar-refractivity contribution >= 4 is 35.6 Å². The highest BCUT2D eigenvalue weighted by Gasteiger charge is 2.78. The number of hydrogen-bond acceptors (Lipinski definition) is 14. The van der Waals surface area contributed by atoms with Crippen LogP contribution in [-0.4, -0.2) is 106 Å². The number of aliphatic hydroxyl groups excluding tert-OH is 2. The zero-order valence-electron chi connectivity index (χ0n) is 35.9. The average Bonchev–Trinajstić information content (AvgIpc) is 3.25. The third-order valence-electron chi connectivity index (χ3n) is 13.8. The number of Topliss-reactive ketones (excluding diaryl/α,β-unsaturated/α-hetero) is 1. The first-order chi connectivity index (χ1) is 29.8. The van der Waals surface area contributed by atoms with Crippen LogP contribution in [0.1, 0.15) is 86.7 Å². The van der Waals surface area contributed by atoms with E-state index < -0.39 is 119 Å². The van der Waals surface area contributed by atoms with Crippen molar-refractivity contribution in [3.8, 4) is 0 Å². The topological polar surface area (TPSA) is 221 Å². The van der Waals surface area contributed by atoms with E-state index in [2.05, 4.69) is 5.32 Å². The number of esters is 4. The molecule has 0 spiro atoms. The molecule has 4 N–H and O–H groups in total. The normalized spacial score (nSPS) is 31.5. The van der Waals surface area contributed by atoms with Gasteiger partial charge in [0, 0.05) is 37.7 Å². The SMILES string of the molecule is CC(=O)OC[C@H]1C(=O)[C@@]2(C)[C@H]([C@H](OC(=O)c3ccccc3)[C@]3(O)C[C@H](OC(=O)[C@H](O)[C@@H](NC(=O)c4ccccc4)c4ccccc4)C(C)=C1C3(C)C)[C@]1(OC(C)=O)CO[C@@H]1C[C@@H]2O. The van der Waals surface area contributed by atoms with Gasteiger partial charge in [-0.1, -0.05) is 80.6 Å². The molecule has 4 aliphatic rings. The zero-order valence-corrected chi connectivity index (χ0v) is 35.9. The number of ketones is 1. The summed E-state index contributed by atoms with van der Waals surface area (Å²) in [5.74, 6) is -7.78. The predicted octanol–water partition coefficient (Wildman–Crippen LogP) is 3.98. The number of nitrogens with one attached hydrogen (secondary N) is 1. The van der Waals surface area contributed by atoms with Crippen LogP contribution in [0.5, 0.6) is 0 Å². The highest BCUT2D eigenvalue weighted by Crippen LogP contribution is 2.65. The van der Waals surface area contributed by atoms with Gasteiger partial charge in [0.1, 0.15) is 30.5 Å². The summed E-state index contributed by atoms with van der Waals surface area (Å²) in [5.41, 5.74) is -6.46. The molecular formula is C48H53NO14. The van der Waals surface area contributed by atoms with Gasteiger partial charge in [-0.2, -0.15) is 0 Å². The summed E-state index contributed by atoms with van der Waals surface area (Å²) in [6.07, 6.45) is -8.45. The molecule has 0 unspecified atom stereocenters. The summed E-state index contributed by atoms with van der Waals surface area (Å²) < 4.78 is 30.1. The fraction of sp³-hybridized carbons (Fsp3) is 0.458. The van der Waals surface area contributed by atoms with Crippen molar-refractivity contribution in [2.45, 2.75) is 102 Å². The largest absolute Gasteiger partial charge is 0.465 e. The van der Waals surface area contributed by atoms with Gasteiger partial charge in [0.25, 0.3) is 5.91 Å². The number of benzene rings is 3. The van der Waals surface area contributed by atoms with Crippen molar-refractivity contribution in [3.63, 3.8) is 0 Å². The molecule has 3 aliphatic carbocycles. The van der Waals surface area contributed by atoms with Crippen molar-refractivity contribution in [2.75, 3.05) is 13.2 Å². The van der Waals surface area contributed by atoms with Crippen LogP contribution in [0.15, 0.2) is 102 Å². The number of aliphatic hydroxyl groups is 3. The van der Waals surface area contributed by atoms with Gasteiger partial charge in [0.05, 0.1) is 41.6 Å². The second-order valence-electron chi connectivity index (χ2n) is 17.7. The Morgan fingerprint density at radius 2 is 1.44 bits per heavy atom. The van der Waals surface area contributed by atoms with Crippen LogP contribution < -0.4 is 5.32 Å². The number of hydrogen-bond donors (Lipinski definition) is 4. The van der Waals surface area contributed by atoms with Crippen LogP contribution in [-0.2, 0) is 42.9 Å². The molecule has 7 rings (SSSR count). The maximum absolute atomic E-state index is 15.6. The summed E-state index contributed by atoms with van der Waals surface area (Å²) >= 11 is 0. The first-order valence-corrected chi connectivity index (χ1v) is 20.9. The van der Waals surface area contributed by atoms with Crippen LogP contribution in [0.3, 0.4) is 0 Å². The number of carbonyl (C=O) groups is 6. The van der Waals surface area contributed by atoms with E-state index in [0.717, 1.165) is 6.92 Å². The van der Waals surface area contributed by atoms with Crippen LogP contribution in [0.4, 0.5) is 0 Å². The van der Waals surface area contributed by atoms with Crippen LogP contribution >= 0.6 is 0 Å². The first-order valence-electron chi connectivity index (χ1n) is 20.9. The smallest absolute Gasteiger partial charge is 0.338 e. The Kier molecular flexibility index (Phi) is 12.3. The van der Waals surface area contributed by atoms with Gasteiger partial charge in [-0.25, -0.2) is 9.59 Å². The summed E-state index contributed by atoms with van der Waals surface area (Å²) in [6.45, 7) is 7.77. The average molecular weight is 868 g/mol. The molecule has 1 aliphatic heterocycles. The lowest BCUT2D eigenvalue weighted by atomic mass is 9.43. The van der Waals surface area contributed by atoms with Crippen molar-refractivity contribution in [3.05, 3.63) is 119 Å². The Morgan fingerprint density at radius 3 is 2.00 bits per heavy atom. The van der Waals surface area contributed by atoms with E-state index in [1.165, 1.54) is 26.0 Å². The van der Waals surface area contributed by atoms with E-state index in [1.54, 1.807) is 99.6 Å². The zero-order chi connectivity index (χ0) is 45.6. The van der Waals surface area contributed by atoms with E-state index in [9.17, 15) is 39.3 Å². The number of fused-ring (bicyclic) bond motifs is 5. The molecule has 3 aromatic rings. The fourth-order valence-electron chi connectivity index (χ4n) is 10.5. The fourth-order valence-corrected chi connectivity index (χ4v) is 10.5. The van der Waals surface area contributed by atoms with Gasteiger partial charge >= 0.3 is 23.9 Å². The summed E-state index contributed by atoms with van der Waals surface area (Å²) in [7, 11) is 0. The standard InChI is InChI=1S/C48H53NO14/c1-26-33(61-44(57)38(53)37(29-16-10-7-11-17-29)49-42(55)30-18-12-8-13-19-30)23-48(58)41(62-43(56)31-20-14-9-15-21-31)39-46(6,34(52)22-35-47(39,25-60-35)63-28(3)51)40(54)32(24-59-27(2)50)36(26)45(48,4)5/h7-21,32-35,37-39,41,52-53,58H,22-25H2,1-6H3,(H,49,55)/t32-,33+,34+,35-,37+,38-,39+,41+,46-,47+,48-/m1/s1. The number of rotatable bonds is 11. The van der Waals surface area contributed by atoms with Crippen LogP contribution in [0.25, 0.3) is 0 Å². The van der Waals surface area contributed by atoms with Gasteiger partial charge in [0.15, 0.2) is 17.5 Å². The highest BCUT2D eigenvalue weighted by atomic mass is 16.6. The Bertz CT molecular complexity index is 2300. The molecule has 334 valence electrons. The molecule has 11 atom stereocenters. The third-order valence-corrected chi connectivity index (χ3v) is 13.8. The van der Waals surface area contributed by atoms with Gasteiger partial charge in [-0.15, -0.1) is 0 Å². The van der Waals surface area contributed by atoms with E-state index >= 15 is 4.79 Å². The van der Waals surface area contributed by atoms with Crippen molar-refractivity contribution in [2.24, 2.45) is 22.7 Å². The van der Waals surface area contributed by atoms with Gasteiger partial charge < -0.3 is 44.3 Å². The molecule has 0 radical (unpaired) electrons. The van der Waals surface area contributed by atoms with Gasteiger partial charge in [-0.3, -0.25) is 19.2 Å². The molecule has 15 heteroatoms. The highest BCUT2D eigenvalue weighted by molar-refractivity contribution is 5.95. The minimum atomic E-state index is -2.34. The monoisotopic (exact) mass is 867 g/mol. The minimum absolute atomic E-state index is 0.0828. The van der Waals surface area contributed by atoms with E-state index in [4.69, 9.17) is 23.7 Å². The number of carbonyl (C=O) groups excluding carboxylic acids is 6. The molecule has 1 heterocycles. The number of amides is 1. The Morgan fingerprint density at radius 1 is 0.857 bits per heavy atom. The van der Waals surface area contributed by atoms with Crippen molar-refractivity contribution in [1.29, 1.82) is 0 Å². The maximum atomic E-state index is 15.6. The van der Waals surface area contributed by atoms with Crippen LogP contribution in [0.2, 0.25) is 0 Å². The second-order valence-corrected chi connectivity index (χ2v) is 17.7. The predicted molar refractivity (Wildman–Crippen MR) is 222 cm³/mol. The molecule has 2 bridgehead atoms. The van der Waals surface area contributed by atoms with Crippen molar-refractivity contribution in [1.82, 2.24) is 5.32 Å². The van der Waals surface area contributed by atoms with E-state index in [-0.39, 0.29) is 35.3 Å². The first kappa shape index (κ1) is 45.3. The second kappa shape index (κ2) is 17.1. The molecule has 63 heavy (non-hydrogen) atoms. The molecule has 3 fully saturated rings. The van der Waals surface area contributed by atoms with Crippen LogP contribution in [0, 0.1) is 22.7 Å². The third kappa shape index (κ3) is 7.74. The number of ether oxygens (including phenoxy) is 5. The molecule has 1 saturated heterocycles. The molecule has 3 aromatic carbocycles. The lowest BCUT2D eigenvalue weighted by molar-refractivity contribution is -0.345.